The first kappa shape index (κ1) is 21.3. The lowest BCUT2D eigenvalue weighted by Crippen LogP contribution is -2.47. The molecule has 2 aromatic rings. The summed E-state index contributed by atoms with van der Waals surface area (Å²) in [4.78, 5) is 12.8. The number of ether oxygens (including phenoxy) is 1. The summed E-state index contributed by atoms with van der Waals surface area (Å²) >= 11 is 12.0. The number of hydrogen-bond acceptors (Lipinski definition) is 4. The molecular formula is C18H20Cl2N2O4S. The van der Waals surface area contributed by atoms with Gasteiger partial charge < -0.3 is 10.1 Å². The van der Waals surface area contributed by atoms with Crippen LogP contribution in [0.4, 0.5) is 11.4 Å². The molecule has 0 aliphatic rings. The summed E-state index contributed by atoms with van der Waals surface area (Å²) in [6.45, 7) is 1.73. The van der Waals surface area contributed by atoms with Crippen molar-refractivity contribution in [3.63, 3.8) is 0 Å². The summed E-state index contributed by atoms with van der Waals surface area (Å²) in [6.07, 6.45) is 1.29. The zero-order valence-electron chi connectivity index (χ0n) is 15.1. The van der Waals surface area contributed by atoms with Crippen LogP contribution < -0.4 is 14.4 Å². The van der Waals surface area contributed by atoms with Crippen molar-refractivity contribution in [2.45, 2.75) is 19.4 Å². The van der Waals surface area contributed by atoms with Gasteiger partial charge in [-0.3, -0.25) is 9.10 Å². The minimum atomic E-state index is -3.76. The number of nitrogens with one attached hydrogen (secondary N) is 1. The van der Waals surface area contributed by atoms with Crippen LogP contribution in [0, 0.1) is 0 Å². The summed E-state index contributed by atoms with van der Waals surface area (Å²) in [5.74, 6) is 0.104. The maximum absolute atomic E-state index is 12.8. The molecule has 6 nitrogen and oxygen atoms in total. The molecule has 2 aromatic carbocycles. The second-order valence-electron chi connectivity index (χ2n) is 5.80. The van der Waals surface area contributed by atoms with E-state index in [0.29, 0.717) is 16.5 Å². The predicted molar refractivity (Wildman–Crippen MR) is 109 cm³/mol. The Morgan fingerprint density at radius 2 is 1.89 bits per heavy atom. The molecule has 1 amide bonds. The molecule has 0 aliphatic heterocycles. The quantitative estimate of drug-likeness (QED) is 0.714. The zero-order valence-corrected chi connectivity index (χ0v) is 17.4. The number of carbonyl (C=O) groups excluding carboxylic acids is 1. The minimum absolute atomic E-state index is 0.200. The van der Waals surface area contributed by atoms with Crippen LogP contribution >= 0.6 is 23.2 Å². The van der Waals surface area contributed by atoms with Crippen molar-refractivity contribution in [1.82, 2.24) is 0 Å². The lowest BCUT2D eigenvalue weighted by atomic mass is 10.1. The average molecular weight is 431 g/mol. The maximum atomic E-state index is 12.8. The highest BCUT2D eigenvalue weighted by atomic mass is 35.5. The zero-order chi connectivity index (χ0) is 20.2. The Bertz CT molecular complexity index is 935. The number of sulfonamides is 1. The molecule has 0 bridgehead atoms. The summed E-state index contributed by atoms with van der Waals surface area (Å²) < 4.78 is 31.1. The molecule has 0 aliphatic carbocycles. The van der Waals surface area contributed by atoms with Crippen LogP contribution in [0.2, 0.25) is 10.0 Å². The highest BCUT2D eigenvalue weighted by Crippen LogP contribution is 2.30. The normalized spacial score (nSPS) is 12.3. The van der Waals surface area contributed by atoms with Gasteiger partial charge in [-0.15, -0.1) is 0 Å². The fraction of sp³-hybridized carbons (Fsp3) is 0.278. The molecule has 0 unspecified atom stereocenters. The van der Waals surface area contributed by atoms with Gasteiger partial charge in [0.1, 0.15) is 11.8 Å². The first-order valence-corrected chi connectivity index (χ1v) is 10.7. The third-order valence-electron chi connectivity index (χ3n) is 3.82. The van der Waals surface area contributed by atoms with E-state index >= 15 is 0 Å². The van der Waals surface area contributed by atoms with Gasteiger partial charge in [-0.25, -0.2) is 8.42 Å². The average Bonchev–Trinajstić information content (AvgIpc) is 2.61. The van der Waals surface area contributed by atoms with Crippen LogP contribution in [0.5, 0.6) is 5.75 Å². The van der Waals surface area contributed by atoms with Crippen molar-refractivity contribution in [3.05, 3.63) is 52.5 Å². The SMILES string of the molecule is CC[C@H](C(=O)Nc1cccc(OC)c1)N(c1ccc(Cl)c(Cl)c1)S(C)(=O)=O. The first-order valence-electron chi connectivity index (χ1n) is 8.06. The topological polar surface area (TPSA) is 75.7 Å². The summed E-state index contributed by atoms with van der Waals surface area (Å²) in [5, 5.41) is 3.23. The van der Waals surface area contributed by atoms with Crippen molar-refractivity contribution in [3.8, 4) is 5.75 Å². The van der Waals surface area contributed by atoms with Gasteiger partial charge in [0.15, 0.2) is 0 Å². The van der Waals surface area contributed by atoms with Gasteiger partial charge in [-0.1, -0.05) is 36.2 Å². The smallest absolute Gasteiger partial charge is 0.248 e. The number of rotatable bonds is 7. The highest BCUT2D eigenvalue weighted by molar-refractivity contribution is 7.92. The molecule has 1 atom stereocenters. The highest BCUT2D eigenvalue weighted by Gasteiger charge is 2.32. The molecule has 0 fully saturated rings. The number of amides is 1. The minimum Gasteiger partial charge on any atom is -0.497 e. The summed E-state index contributed by atoms with van der Waals surface area (Å²) in [6, 6.07) is 10.3. The molecule has 0 radical (unpaired) electrons. The van der Waals surface area contributed by atoms with E-state index in [1.54, 1.807) is 31.2 Å². The van der Waals surface area contributed by atoms with Gasteiger partial charge in [-0.05, 0) is 36.8 Å². The van der Waals surface area contributed by atoms with Gasteiger partial charge in [0.2, 0.25) is 15.9 Å². The molecule has 0 saturated heterocycles. The second-order valence-corrected chi connectivity index (χ2v) is 8.48. The molecule has 9 heteroatoms. The Labute approximate surface area is 169 Å². The van der Waals surface area contributed by atoms with Crippen molar-refractivity contribution in [1.29, 1.82) is 0 Å². The standard InChI is InChI=1S/C18H20Cl2N2O4S/c1-4-17(18(23)21-12-6-5-7-14(10-12)26-2)22(27(3,24)25)13-8-9-15(19)16(20)11-13/h5-11,17H,4H2,1-3H3,(H,21,23)/t17-/m1/s1. The molecule has 1 N–H and O–H groups in total. The fourth-order valence-corrected chi connectivity index (χ4v) is 4.10. The molecular weight excluding hydrogens is 411 g/mol. The van der Waals surface area contributed by atoms with Crippen LogP contribution in [-0.2, 0) is 14.8 Å². The van der Waals surface area contributed by atoms with E-state index in [1.807, 2.05) is 0 Å². The van der Waals surface area contributed by atoms with Crippen molar-refractivity contribution >= 4 is 50.5 Å². The van der Waals surface area contributed by atoms with Crippen LogP contribution in [0.3, 0.4) is 0 Å². The second kappa shape index (κ2) is 8.82. The van der Waals surface area contributed by atoms with Gasteiger partial charge in [0.05, 0.1) is 29.1 Å². The number of anilines is 2. The largest absolute Gasteiger partial charge is 0.497 e. The Balaban J connectivity index is 2.39. The van der Waals surface area contributed by atoms with Crippen molar-refractivity contribution < 1.29 is 17.9 Å². The molecule has 27 heavy (non-hydrogen) atoms. The van der Waals surface area contributed by atoms with E-state index in [4.69, 9.17) is 27.9 Å². The maximum Gasteiger partial charge on any atom is 0.248 e. The predicted octanol–water partition coefficient (Wildman–Crippen LogP) is 4.19. The lowest BCUT2D eigenvalue weighted by Gasteiger charge is -2.30. The third-order valence-corrected chi connectivity index (χ3v) is 5.74. The lowest BCUT2D eigenvalue weighted by molar-refractivity contribution is -0.117. The molecule has 0 aromatic heterocycles. The van der Waals surface area contributed by atoms with Crippen molar-refractivity contribution in [2.24, 2.45) is 0 Å². The number of benzene rings is 2. The number of hydrogen-bond donors (Lipinski definition) is 1. The summed E-state index contributed by atoms with van der Waals surface area (Å²) in [7, 11) is -2.24. The van der Waals surface area contributed by atoms with Crippen LogP contribution in [-0.4, -0.2) is 33.7 Å². The molecule has 146 valence electrons. The van der Waals surface area contributed by atoms with E-state index in [0.717, 1.165) is 10.6 Å². The number of halogens is 2. The van der Waals surface area contributed by atoms with Crippen LogP contribution in [0.1, 0.15) is 13.3 Å². The van der Waals surface area contributed by atoms with E-state index < -0.39 is 22.0 Å². The van der Waals surface area contributed by atoms with E-state index in [9.17, 15) is 13.2 Å². The molecule has 0 heterocycles. The monoisotopic (exact) mass is 430 g/mol. The Morgan fingerprint density at radius 1 is 1.19 bits per heavy atom. The first-order chi connectivity index (χ1) is 12.7. The summed E-state index contributed by atoms with van der Waals surface area (Å²) in [5.41, 5.74) is 0.764. The Morgan fingerprint density at radius 3 is 2.44 bits per heavy atom. The Kier molecular flexibility index (Phi) is 6.97. The van der Waals surface area contributed by atoms with Crippen LogP contribution in [0.15, 0.2) is 42.5 Å². The van der Waals surface area contributed by atoms with E-state index in [2.05, 4.69) is 5.32 Å². The van der Waals surface area contributed by atoms with Gasteiger partial charge >= 0.3 is 0 Å². The van der Waals surface area contributed by atoms with E-state index in [-0.39, 0.29) is 17.1 Å². The van der Waals surface area contributed by atoms with Gasteiger partial charge in [0.25, 0.3) is 0 Å². The molecule has 0 spiro atoms. The van der Waals surface area contributed by atoms with Crippen LogP contribution in [0.25, 0.3) is 0 Å². The molecule has 2 rings (SSSR count). The number of nitrogens with zero attached hydrogens (tertiary/aromatic N) is 1. The third kappa shape index (κ3) is 5.28. The fourth-order valence-electron chi connectivity index (χ4n) is 2.61. The number of methoxy groups -OCH3 is 1. The molecule has 0 saturated carbocycles. The van der Waals surface area contributed by atoms with Crippen molar-refractivity contribution in [2.75, 3.05) is 23.0 Å². The van der Waals surface area contributed by atoms with Gasteiger partial charge in [0, 0.05) is 11.8 Å². The van der Waals surface area contributed by atoms with Gasteiger partial charge in [-0.2, -0.15) is 0 Å². The number of carbonyl (C=O) groups is 1. The Hall–Kier alpha value is -1.96. The van der Waals surface area contributed by atoms with E-state index in [1.165, 1.54) is 25.3 Å².